The third-order valence-electron chi connectivity index (χ3n) is 2.45. The molecule has 0 aliphatic heterocycles. The Morgan fingerprint density at radius 1 is 0.812 bits per heavy atom. The highest BCUT2D eigenvalue weighted by Crippen LogP contribution is 2.40. The molecular formula is C12H5Cl3S. The highest BCUT2D eigenvalue weighted by Gasteiger charge is 2.09. The standard InChI is InChI=1S/C12H5Cl3S/c13-6-1-2-8-9-3-7(14)4-10(15)12(9)16-11(8)5-6/h1-5H. The molecule has 0 aliphatic carbocycles. The van der Waals surface area contributed by atoms with Gasteiger partial charge in [-0.1, -0.05) is 40.9 Å². The molecule has 1 aromatic heterocycles. The highest BCUT2D eigenvalue weighted by molar-refractivity contribution is 7.26. The zero-order valence-electron chi connectivity index (χ0n) is 7.93. The molecule has 0 radical (unpaired) electrons. The second-order valence-electron chi connectivity index (χ2n) is 3.51. The van der Waals surface area contributed by atoms with E-state index in [1.54, 1.807) is 17.4 Å². The summed E-state index contributed by atoms with van der Waals surface area (Å²) in [5, 5.41) is 4.33. The first-order valence-corrected chi connectivity index (χ1v) is 6.57. The van der Waals surface area contributed by atoms with Gasteiger partial charge in [0.15, 0.2) is 0 Å². The molecule has 0 amide bonds. The van der Waals surface area contributed by atoms with Gasteiger partial charge in [-0.25, -0.2) is 0 Å². The van der Waals surface area contributed by atoms with Gasteiger partial charge < -0.3 is 0 Å². The maximum atomic E-state index is 6.17. The second-order valence-corrected chi connectivity index (χ2v) is 5.84. The Morgan fingerprint density at radius 3 is 2.44 bits per heavy atom. The summed E-state index contributed by atoms with van der Waals surface area (Å²) in [6, 6.07) is 9.54. The van der Waals surface area contributed by atoms with Crippen LogP contribution in [-0.2, 0) is 0 Å². The Kier molecular flexibility index (Phi) is 2.52. The van der Waals surface area contributed by atoms with E-state index in [0.717, 1.165) is 25.2 Å². The van der Waals surface area contributed by atoms with Crippen LogP contribution in [0.5, 0.6) is 0 Å². The van der Waals surface area contributed by atoms with Crippen molar-refractivity contribution in [1.29, 1.82) is 0 Å². The van der Waals surface area contributed by atoms with Crippen LogP contribution in [0, 0.1) is 0 Å². The average molecular weight is 288 g/mol. The van der Waals surface area contributed by atoms with E-state index < -0.39 is 0 Å². The molecule has 0 bridgehead atoms. The summed E-state index contributed by atoms with van der Waals surface area (Å²) in [5.41, 5.74) is 0. The van der Waals surface area contributed by atoms with Crippen molar-refractivity contribution in [3.63, 3.8) is 0 Å². The fourth-order valence-corrected chi connectivity index (χ4v) is 3.75. The molecule has 0 spiro atoms. The van der Waals surface area contributed by atoms with Crippen molar-refractivity contribution in [2.75, 3.05) is 0 Å². The lowest BCUT2D eigenvalue weighted by Gasteiger charge is -1.95. The van der Waals surface area contributed by atoms with Crippen LogP contribution in [0.15, 0.2) is 30.3 Å². The predicted octanol–water partition coefficient (Wildman–Crippen LogP) is 6.01. The van der Waals surface area contributed by atoms with Gasteiger partial charge in [-0.3, -0.25) is 0 Å². The van der Waals surface area contributed by atoms with Crippen molar-refractivity contribution in [2.45, 2.75) is 0 Å². The van der Waals surface area contributed by atoms with Crippen molar-refractivity contribution in [3.05, 3.63) is 45.4 Å². The molecular weight excluding hydrogens is 283 g/mol. The molecule has 2 aromatic carbocycles. The lowest BCUT2D eigenvalue weighted by Crippen LogP contribution is -1.69. The van der Waals surface area contributed by atoms with Crippen LogP contribution in [-0.4, -0.2) is 0 Å². The van der Waals surface area contributed by atoms with Gasteiger partial charge in [-0.05, 0) is 24.3 Å². The molecule has 0 atom stereocenters. The summed E-state index contributed by atoms with van der Waals surface area (Å²) in [6.07, 6.45) is 0. The quantitative estimate of drug-likeness (QED) is 0.474. The van der Waals surface area contributed by atoms with Gasteiger partial charge in [0.1, 0.15) is 0 Å². The molecule has 0 saturated carbocycles. The summed E-state index contributed by atoms with van der Waals surface area (Å²) >= 11 is 19.8. The molecule has 0 unspecified atom stereocenters. The largest absolute Gasteiger partial charge is 0.134 e. The minimum absolute atomic E-state index is 0.659. The summed E-state index contributed by atoms with van der Waals surface area (Å²) < 4.78 is 2.19. The first kappa shape index (κ1) is 10.7. The number of hydrogen-bond acceptors (Lipinski definition) is 1. The molecule has 0 nitrogen and oxygen atoms in total. The first-order valence-electron chi connectivity index (χ1n) is 4.62. The molecule has 80 valence electrons. The zero-order valence-corrected chi connectivity index (χ0v) is 11.0. The maximum Gasteiger partial charge on any atom is 0.0599 e. The topological polar surface area (TPSA) is 0 Å². The molecule has 3 rings (SSSR count). The lowest BCUT2D eigenvalue weighted by atomic mass is 10.1. The van der Waals surface area contributed by atoms with Crippen molar-refractivity contribution >= 4 is 66.3 Å². The van der Waals surface area contributed by atoms with Crippen LogP contribution in [0.3, 0.4) is 0 Å². The van der Waals surface area contributed by atoms with Crippen molar-refractivity contribution in [2.24, 2.45) is 0 Å². The van der Waals surface area contributed by atoms with E-state index in [1.165, 1.54) is 0 Å². The Hall–Kier alpha value is -0.470. The van der Waals surface area contributed by atoms with Gasteiger partial charge in [-0.15, -0.1) is 11.3 Å². The number of fused-ring (bicyclic) bond motifs is 3. The minimum Gasteiger partial charge on any atom is -0.134 e. The fourth-order valence-electron chi connectivity index (χ4n) is 1.78. The van der Waals surface area contributed by atoms with E-state index in [1.807, 2.05) is 24.3 Å². The monoisotopic (exact) mass is 286 g/mol. The Morgan fingerprint density at radius 2 is 1.62 bits per heavy atom. The lowest BCUT2D eigenvalue weighted by molar-refractivity contribution is 1.83. The fraction of sp³-hybridized carbons (Fsp3) is 0. The maximum absolute atomic E-state index is 6.17. The third-order valence-corrected chi connectivity index (χ3v) is 4.52. The average Bonchev–Trinajstić information content (AvgIpc) is 2.56. The van der Waals surface area contributed by atoms with Crippen LogP contribution in [0.25, 0.3) is 20.2 Å². The molecule has 0 saturated heterocycles. The Labute approximate surface area is 111 Å². The van der Waals surface area contributed by atoms with Gasteiger partial charge in [-0.2, -0.15) is 0 Å². The Bertz CT molecular complexity index is 700. The van der Waals surface area contributed by atoms with Gasteiger partial charge in [0.25, 0.3) is 0 Å². The smallest absolute Gasteiger partial charge is 0.0599 e. The van der Waals surface area contributed by atoms with Crippen LogP contribution < -0.4 is 0 Å². The van der Waals surface area contributed by atoms with Crippen LogP contribution in [0.4, 0.5) is 0 Å². The summed E-state index contributed by atoms with van der Waals surface area (Å²) in [6.45, 7) is 0. The first-order chi connectivity index (χ1) is 7.65. The summed E-state index contributed by atoms with van der Waals surface area (Å²) in [7, 11) is 0. The number of rotatable bonds is 0. The zero-order chi connectivity index (χ0) is 11.3. The Balaban J connectivity index is 2.55. The third kappa shape index (κ3) is 1.59. The number of benzene rings is 2. The SMILES string of the molecule is Clc1ccc2c(c1)sc1c(Cl)cc(Cl)cc12. The normalized spacial score (nSPS) is 11.4. The van der Waals surface area contributed by atoms with Crippen LogP contribution in [0.2, 0.25) is 15.1 Å². The van der Waals surface area contributed by atoms with Gasteiger partial charge in [0.2, 0.25) is 0 Å². The highest BCUT2D eigenvalue weighted by atomic mass is 35.5. The number of halogens is 3. The number of thiophene rings is 1. The van der Waals surface area contributed by atoms with Crippen LogP contribution in [0.1, 0.15) is 0 Å². The minimum atomic E-state index is 0.659. The molecule has 0 N–H and O–H groups in total. The van der Waals surface area contributed by atoms with Gasteiger partial charge in [0.05, 0.1) is 9.72 Å². The molecule has 3 aromatic rings. The predicted molar refractivity (Wildman–Crippen MR) is 74.4 cm³/mol. The molecule has 0 aliphatic rings. The van der Waals surface area contributed by atoms with Gasteiger partial charge in [0, 0.05) is 25.5 Å². The van der Waals surface area contributed by atoms with E-state index >= 15 is 0 Å². The molecule has 4 heteroatoms. The van der Waals surface area contributed by atoms with E-state index in [4.69, 9.17) is 34.8 Å². The van der Waals surface area contributed by atoms with E-state index in [0.29, 0.717) is 10.0 Å². The molecule has 16 heavy (non-hydrogen) atoms. The van der Waals surface area contributed by atoms with E-state index in [9.17, 15) is 0 Å². The van der Waals surface area contributed by atoms with Crippen LogP contribution >= 0.6 is 46.1 Å². The summed E-state index contributed by atoms with van der Waals surface area (Å²) in [4.78, 5) is 0. The molecule has 0 fully saturated rings. The van der Waals surface area contributed by atoms with Crippen molar-refractivity contribution in [3.8, 4) is 0 Å². The van der Waals surface area contributed by atoms with Crippen molar-refractivity contribution in [1.82, 2.24) is 0 Å². The second kappa shape index (κ2) is 3.78. The molecule has 1 heterocycles. The van der Waals surface area contributed by atoms with Gasteiger partial charge >= 0.3 is 0 Å². The number of hydrogen-bond donors (Lipinski definition) is 0. The summed E-state index contributed by atoms with van der Waals surface area (Å²) in [5.74, 6) is 0. The van der Waals surface area contributed by atoms with E-state index in [2.05, 4.69) is 0 Å². The van der Waals surface area contributed by atoms with Crippen molar-refractivity contribution < 1.29 is 0 Å². The van der Waals surface area contributed by atoms with E-state index in [-0.39, 0.29) is 0 Å².